The highest BCUT2D eigenvalue weighted by atomic mass is 16.5. The van der Waals surface area contributed by atoms with Crippen molar-refractivity contribution in [1.29, 1.82) is 0 Å². The molecule has 6 heteroatoms. The highest BCUT2D eigenvalue weighted by Gasteiger charge is 2.23. The topological polar surface area (TPSA) is 68.8 Å². The maximum Gasteiger partial charge on any atom is 0.319 e. The minimum Gasteiger partial charge on any atom is -0.382 e. The Morgan fingerprint density at radius 3 is 3.04 bits per heavy atom. The number of ether oxygens (including phenoxy) is 3. The van der Waals surface area contributed by atoms with Crippen LogP contribution in [0.4, 0.5) is 10.5 Å². The lowest BCUT2D eigenvalue weighted by Gasteiger charge is -2.20. The molecular formula is C17H26N2O4. The van der Waals surface area contributed by atoms with E-state index < -0.39 is 0 Å². The van der Waals surface area contributed by atoms with Gasteiger partial charge in [0.2, 0.25) is 0 Å². The molecule has 0 bridgehead atoms. The van der Waals surface area contributed by atoms with Gasteiger partial charge in [0.25, 0.3) is 0 Å². The van der Waals surface area contributed by atoms with Crippen LogP contribution in [0.5, 0.6) is 0 Å². The number of anilines is 1. The lowest BCUT2D eigenvalue weighted by molar-refractivity contribution is 0.0617. The predicted octanol–water partition coefficient (Wildman–Crippen LogP) is 2.54. The first-order valence-corrected chi connectivity index (χ1v) is 8.04. The van der Waals surface area contributed by atoms with Crippen LogP contribution in [0.1, 0.15) is 25.3 Å². The van der Waals surface area contributed by atoms with Crippen LogP contribution in [0, 0.1) is 0 Å². The van der Waals surface area contributed by atoms with Crippen molar-refractivity contribution in [3.8, 4) is 0 Å². The largest absolute Gasteiger partial charge is 0.382 e. The SMILES string of the molecule is COCCOCc1cccc(NC(=O)N[C@@H](C)[C@@H]2CCCO2)c1. The molecule has 1 fully saturated rings. The number of amides is 2. The zero-order chi connectivity index (χ0) is 16.5. The minimum absolute atomic E-state index is 0.00180. The van der Waals surface area contributed by atoms with Crippen molar-refractivity contribution in [3.05, 3.63) is 29.8 Å². The number of hydrogen-bond acceptors (Lipinski definition) is 4. The lowest BCUT2D eigenvalue weighted by atomic mass is 10.1. The van der Waals surface area contributed by atoms with Crippen molar-refractivity contribution in [2.45, 2.75) is 38.5 Å². The van der Waals surface area contributed by atoms with Gasteiger partial charge in [0.15, 0.2) is 0 Å². The molecule has 0 saturated carbocycles. The maximum absolute atomic E-state index is 12.1. The van der Waals surface area contributed by atoms with Crippen LogP contribution >= 0.6 is 0 Å². The van der Waals surface area contributed by atoms with Gasteiger partial charge in [-0.3, -0.25) is 0 Å². The molecule has 0 aromatic heterocycles. The molecule has 23 heavy (non-hydrogen) atoms. The minimum atomic E-state index is -0.217. The van der Waals surface area contributed by atoms with E-state index in [0.29, 0.717) is 19.8 Å². The van der Waals surface area contributed by atoms with Gasteiger partial charge in [-0.2, -0.15) is 0 Å². The molecule has 0 aliphatic carbocycles. The van der Waals surface area contributed by atoms with Crippen LogP contribution in [-0.2, 0) is 20.8 Å². The molecule has 0 spiro atoms. The molecule has 128 valence electrons. The Morgan fingerprint density at radius 2 is 2.30 bits per heavy atom. The molecule has 1 aliphatic heterocycles. The Kier molecular flexibility index (Phi) is 7.32. The summed E-state index contributed by atoms with van der Waals surface area (Å²) in [5.41, 5.74) is 1.75. The third-order valence-electron chi connectivity index (χ3n) is 3.77. The van der Waals surface area contributed by atoms with Crippen LogP contribution in [0.15, 0.2) is 24.3 Å². The molecule has 2 rings (SSSR count). The number of nitrogens with one attached hydrogen (secondary N) is 2. The van der Waals surface area contributed by atoms with Crippen LogP contribution in [0.3, 0.4) is 0 Å². The summed E-state index contributed by atoms with van der Waals surface area (Å²) < 4.78 is 16.0. The van der Waals surface area contributed by atoms with Gasteiger partial charge in [0.1, 0.15) is 0 Å². The Hall–Kier alpha value is -1.63. The van der Waals surface area contributed by atoms with Gasteiger partial charge in [0, 0.05) is 19.4 Å². The smallest absolute Gasteiger partial charge is 0.319 e. The Labute approximate surface area is 137 Å². The van der Waals surface area contributed by atoms with E-state index in [9.17, 15) is 4.79 Å². The summed E-state index contributed by atoms with van der Waals surface area (Å²) in [6.07, 6.45) is 2.17. The second-order valence-corrected chi connectivity index (χ2v) is 5.68. The zero-order valence-corrected chi connectivity index (χ0v) is 13.8. The van der Waals surface area contributed by atoms with Crippen LogP contribution < -0.4 is 10.6 Å². The predicted molar refractivity (Wildman–Crippen MR) is 88.6 cm³/mol. The van der Waals surface area contributed by atoms with Gasteiger partial charge in [0.05, 0.1) is 32.0 Å². The molecule has 0 radical (unpaired) electrons. The number of benzene rings is 1. The second kappa shape index (κ2) is 9.50. The summed E-state index contributed by atoms with van der Waals surface area (Å²) in [5, 5.41) is 5.78. The van der Waals surface area contributed by atoms with Gasteiger partial charge in [-0.05, 0) is 37.5 Å². The molecule has 1 aromatic rings. The quantitative estimate of drug-likeness (QED) is 0.722. The van der Waals surface area contributed by atoms with Crippen LogP contribution in [0.2, 0.25) is 0 Å². The molecule has 2 N–H and O–H groups in total. The van der Waals surface area contributed by atoms with Crippen molar-refractivity contribution in [3.63, 3.8) is 0 Å². The molecule has 1 heterocycles. The highest BCUT2D eigenvalue weighted by molar-refractivity contribution is 5.89. The van der Waals surface area contributed by atoms with Gasteiger partial charge in [-0.1, -0.05) is 12.1 Å². The summed E-state index contributed by atoms with van der Waals surface area (Å²) >= 11 is 0. The fourth-order valence-electron chi connectivity index (χ4n) is 2.53. The number of hydrogen-bond donors (Lipinski definition) is 2. The number of urea groups is 1. The molecule has 0 unspecified atom stereocenters. The number of rotatable bonds is 8. The van der Waals surface area contributed by atoms with E-state index in [-0.39, 0.29) is 18.2 Å². The average molecular weight is 322 g/mol. The van der Waals surface area contributed by atoms with Crippen molar-refractivity contribution in [2.24, 2.45) is 0 Å². The third kappa shape index (κ3) is 6.17. The molecule has 1 aromatic carbocycles. The van der Waals surface area contributed by atoms with Crippen molar-refractivity contribution >= 4 is 11.7 Å². The second-order valence-electron chi connectivity index (χ2n) is 5.68. The van der Waals surface area contributed by atoms with E-state index in [0.717, 1.165) is 30.7 Å². The first kappa shape index (κ1) is 17.7. The van der Waals surface area contributed by atoms with Gasteiger partial charge in [-0.25, -0.2) is 4.79 Å². The standard InChI is InChI=1S/C17H26N2O4/c1-13(16-7-4-8-23-16)18-17(20)19-15-6-3-5-14(11-15)12-22-10-9-21-2/h3,5-6,11,13,16H,4,7-10,12H2,1-2H3,(H2,18,19,20)/t13-,16-/m0/s1. The van der Waals surface area contributed by atoms with Gasteiger partial charge >= 0.3 is 6.03 Å². The van der Waals surface area contributed by atoms with Crippen LogP contribution in [-0.4, -0.2) is 45.1 Å². The lowest BCUT2D eigenvalue weighted by Crippen LogP contribution is -2.42. The van der Waals surface area contributed by atoms with Crippen molar-refractivity contribution in [1.82, 2.24) is 5.32 Å². The Balaban J connectivity index is 1.78. The summed E-state index contributed by atoms with van der Waals surface area (Å²) in [6.45, 7) is 4.36. The molecule has 6 nitrogen and oxygen atoms in total. The first-order chi connectivity index (χ1) is 11.2. The number of carbonyl (C=O) groups is 1. The normalized spacial score (nSPS) is 18.6. The van der Waals surface area contributed by atoms with Crippen LogP contribution in [0.25, 0.3) is 0 Å². The van der Waals surface area contributed by atoms with E-state index in [4.69, 9.17) is 14.2 Å². The van der Waals surface area contributed by atoms with E-state index >= 15 is 0 Å². The molecular weight excluding hydrogens is 296 g/mol. The average Bonchev–Trinajstić information content (AvgIpc) is 3.06. The number of carbonyl (C=O) groups excluding carboxylic acids is 1. The fourth-order valence-corrected chi connectivity index (χ4v) is 2.53. The van der Waals surface area contributed by atoms with Gasteiger partial charge in [-0.15, -0.1) is 0 Å². The Bertz CT molecular complexity index is 489. The molecule has 2 atom stereocenters. The molecule has 1 saturated heterocycles. The highest BCUT2D eigenvalue weighted by Crippen LogP contribution is 2.16. The monoisotopic (exact) mass is 322 g/mol. The van der Waals surface area contributed by atoms with E-state index in [2.05, 4.69) is 10.6 Å². The van der Waals surface area contributed by atoms with Crippen molar-refractivity contribution < 1.29 is 19.0 Å². The van der Waals surface area contributed by atoms with E-state index in [1.54, 1.807) is 7.11 Å². The summed E-state index contributed by atoms with van der Waals surface area (Å²) in [5.74, 6) is 0. The van der Waals surface area contributed by atoms with Gasteiger partial charge < -0.3 is 24.8 Å². The summed E-state index contributed by atoms with van der Waals surface area (Å²) in [4.78, 5) is 12.1. The maximum atomic E-state index is 12.1. The number of methoxy groups -OCH3 is 1. The first-order valence-electron chi connectivity index (χ1n) is 8.04. The Morgan fingerprint density at radius 1 is 1.43 bits per heavy atom. The molecule has 2 amide bonds. The zero-order valence-electron chi connectivity index (χ0n) is 13.8. The summed E-state index contributed by atoms with van der Waals surface area (Å²) in [6, 6.07) is 7.40. The molecule has 1 aliphatic rings. The summed E-state index contributed by atoms with van der Waals surface area (Å²) in [7, 11) is 1.64. The van der Waals surface area contributed by atoms with E-state index in [1.165, 1.54) is 0 Å². The van der Waals surface area contributed by atoms with E-state index in [1.807, 2.05) is 31.2 Å². The van der Waals surface area contributed by atoms with Crippen molar-refractivity contribution in [2.75, 3.05) is 32.2 Å². The third-order valence-corrected chi connectivity index (χ3v) is 3.77. The fraction of sp³-hybridized carbons (Fsp3) is 0.588.